The Bertz CT molecular complexity index is 948. The van der Waals surface area contributed by atoms with Crippen molar-refractivity contribution in [2.75, 3.05) is 20.2 Å². The number of carbonyl (C=O) groups is 1. The molecule has 1 atom stereocenters. The molecular formula is C21H29N3O5S. The van der Waals surface area contributed by atoms with Gasteiger partial charge >= 0.3 is 0 Å². The summed E-state index contributed by atoms with van der Waals surface area (Å²) in [5, 5.41) is 18.2. The second kappa shape index (κ2) is 10.5. The van der Waals surface area contributed by atoms with Crippen LogP contribution in [-0.2, 0) is 16.6 Å². The smallest absolute Gasteiger partial charge is 0.255 e. The SMILES string of the molecule is COc1ccc(S(N)(=O)=O)cc1C(=O)NCC(O)CN(Cc1ccccc1)C(C)C. The monoisotopic (exact) mass is 435 g/mol. The molecule has 4 N–H and O–H groups in total. The molecule has 1 unspecified atom stereocenters. The molecule has 2 aromatic rings. The Morgan fingerprint density at radius 3 is 2.43 bits per heavy atom. The zero-order valence-electron chi connectivity index (χ0n) is 17.4. The summed E-state index contributed by atoms with van der Waals surface area (Å²) in [7, 11) is -2.59. The number of sulfonamides is 1. The summed E-state index contributed by atoms with van der Waals surface area (Å²) in [4.78, 5) is 14.5. The van der Waals surface area contributed by atoms with Gasteiger partial charge in [0.25, 0.3) is 5.91 Å². The Morgan fingerprint density at radius 2 is 1.87 bits per heavy atom. The highest BCUT2D eigenvalue weighted by molar-refractivity contribution is 7.89. The lowest BCUT2D eigenvalue weighted by molar-refractivity contribution is 0.0786. The Morgan fingerprint density at radius 1 is 1.20 bits per heavy atom. The number of hydrogen-bond donors (Lipinski definition) is 3. The van der Waals surface area contributed by atoms with Crippen molar-refractivity contribution in [2.45, 2.75) is 37.4 Å². The highest BCUT2D eigenvalue weighted by Crippen LogP contribution is 2.22. The molecule has 0 aliphatic heterocycles. The second-order valence-electron chi connectivity index (χ2n) is 7.28. The fourth-order valence-corrected chi connectivity index (χ4v) is 3.50. The molecule has 0 bridgehead atoms. The minimum atomic E-state index is -3.96. The zero-order valence-corrected chi connectivity index (χ0v) is 18.2. The normalized spacial score (nSPS) is 12.8. The number of nitrogens with zero attached hydrogens (tertiary/aromatic N) is 1. The minimum absolute atomic E-state index is 0.000397. The number of rotatable bonds is 10. The molecule has 0 aliphatic carbocycles. The Balaban J connectivity index is 2.02. The van der Waals surface area contributed by atoms with Crippen molar-refractivity contribution in [3.05, 3.63) is 59.7 Å². The van der Waals surface area contributed by atoms with Crippen LogP contribution in [0.2, 0.25) is 0 Å². The highest BCUT2D eigenvalue weighted by atomic mass is 32.2. The van der Waals surface area contributed by atoms with E-state index >= 15 is 0 Å². The maximum atomic E-state index is 12.6. The van der Waals surface area contributed by atoms with Gasteiger partial charge in [0.15, 0.2) is 0 Å². The standard InChI is InChI=1S/C21H29N3O5S/c1-15(2)24(13-16-7-5-4-6-8-16)14-17(25)12-23-21(26)19-11-18(30(22,27)28)9-10-20(19)29-3/h4-11,15,17,25H,12-14H2,1-3H3,(H,23,26)(H2,22,27,28). The van der Waals surface area contributed by atoms with Gasteiger partial charge in [-0.25, -0.2) is 13.6 Å². The third-order valence-corrected chi connectivity index (χ3v) is 5.56. The summed E-state index contributed by atoms with van der Waals surface area (Å²) in [5.41, 5.74) is 1.16. The quantitative estimate of drug-likeness (QED) is 0.518. The van der Waals surface area contributed by atoms with E-state index in [9.17, 15) is 18.3 Å². The summed E-state index contributed by atoms with van der Waals surface area (Å²) in [6, 6.07) is 13.9. The third-order valence-electron chi connectivity index (χ3n) is 4.65. The van der Waals surface area contributed by atoms with Gasteiger partial charge in [-0.05, 0) is 37.6 Å². The fraction of sp³-hybridized carbons (Fsp3) is 0.381. The van der Waals surface area contributed by atoms with E-state index in [1.807, 2.05) is 44.2 Å². The van der Waals surface area contributed by atoms with Gasteiger partial charge in [-0.3, -0.25) is 9.69 Å². The van der Waals surface area contributed by atoms with Crippen LogP contribution in [0.4, 0.5) is 0 Å². The summed E-state index contributed by atoms with van der Waals surface area (Å²) in [5.74, 6) is -0.349. The molecule has 2 aromatic carbocycles. The number of primary sulfonamides is 1. The van der Waals surface area contributed by atoms with Gasteiger partial charge in [0.1, 0.15) is 5.75 Å². The number of amides is 1. The van der Waals surface area contributed by atoms with Crippen molar-refractivity contribution in [1.82, 2.24) is 10.2 Å². The molecule has 164 valence electrons. The van der Waals surface area contributed by atoms with Crippen LogP contribution in [-0.4, -0.2) is 56.7 Å². The average Bonchev–Trinajstić information content (AvgIpc) is 2.71. The number of carbonyl (C=O) groups excluding carboxylic acids is 1. The van der Waals surface area contributed by atoms with Crippen LogP contribution in [0.1, 0.15) is 29.8 Å². The lowest BCUT2D eigenvalue weighted by Gasteiger charge is -2.29. The van der Waals surface area contributed by atoms with Crippen molar-refractivity contribution in [1.29, 1.82) is 0 Å². The second-order valence-corrected chi connectivity index (χ2v) is 8.84. The largest absolute Gasteiger partial charge is 0.496 e. The van der Waals surface area contributed by atoms with E-state index in [1.54, 1.807) is 0 Å². The summed E-state index contributed by atoms with van der Waals surface area (Å²) in [6.07, 6.45) is -0.813. The minimum Gasteiger partial charge on any atom is -0.496 e. The van der Waals surface area contributed by atoms with Gasteiger partial charge < -0.3 is 15.2 Å². The van der Waals surface area contributed by atoms with Gasteiger partial charge in [0.05, 0.1) is 23.7 Å². The molecule has 2 rings (SSSR count). The van der Waals surface area contributed by atoms with E-state index in [1.165, 1.54) is 19.2 Å². The molecule has 0 aromatic heterocycles. The number of benzene rings is 2. The van der Waals surface area contributed by atoms with E-state index in [0.29, 0.717) is 13.1 Å². The average molecular weight is 436 g/mol. The van der Waals surface area contributed by atoms with Gasteiger partial charge in [-0.2, -0.15) is 0 Å². The van der Waals surface area contributed by atoms with Crippen LogP contribution in [0.25, 0.3) is 0 Å². The molecule has 0 saturated carbocycles. The van der Waals surface area contributed by atoms with E-state index in [0.717, 1.165) is 11.6 Å². The molecule has 0 spiro atoms. The molecule has 0 fully saturated rings. The Kier molecular flexibility index (Phi) is 8.36. The number of ether oxygens (including phenoxy) is 1. The van der Waals surface area contributed by atoms with Gasteiger partial charge in [0, 0.05) is 25.7 Å². The molecule has 1 amide bonds. The highest BCUT2D eigenvalue weighted by Gasteiger charge is 2.20. The van der Waals surface area contributed by atoms with Crippen LogP contribution in [0.5, 0.6) is 5.75 Å². The number of nitrogens with two attached hydrogens (primary N) is 1. The summed E-state index contributed by atoms with van der Waals surface area (Å²) in [6.45, 7) is 5.12. The molecular weight excluding hydrogens is 406 g/mol. The molecule has 30 heavy (non-hydrogen) atoms. The van der Waals surface area contributed by atoms with Crippen LogP contribution >= 0.6 is 0 Å². The van der Waals surface area contributed by atoms with Crippen LogP contribution in [0.15, 0.2) is 53.4 Å². The first kappa shape index (κ1) is 23.8. The number of methoxy groups -OCH3 is 1. The number of nitrogens with one attached hydrogen (secondary N) is 1. The lowest BCUT2D eigenvalue weighted by Crippen LogP contribution is -2.42. The molecule has 8 nitrogen and oxygen atoms in total. The molecule has 0 heterocycles. The lowest BCUT2D eigenvalue weighted by atomic mass is 10.1. The van der Waals surface area contributed by atoms with Crippen molar-refractivity contribution in [3.8, 4) is 5.75 Å². The maximum Gasteiger partial charge on any atom is 0.255 e. The van der Waals surface area contributed by atoms with Crippen molar-refractivity contribution >= 4 is 15.9 Å². The fourth-order valence-electron chi connectivity index (χ4n) is 2.96. The topological polar surface area (TPSA) is 122 Å². The maximum absolute atomic E-state index is 12.6. The van der Waals surface area contributed by atoms with Crippen molar-refractivity contribution in [2.24, 2.45) is 5.14 Å². The molecule has 0 aliphatic rings. The van der Waals surface area contributed by atoms with E-state index in [2.05, 4.69) is 10.2 Å². The van der Waals surface area contributed by atoms with Crippen molar-refractivity contribution in [3.63, 3.8) is 0 Å². The number of aliphatic hydroxyl groups excluding tert-OH is 1. The molecule has 0 saturated heterocycles. The van der Waals surface area contributed by atoms with Crippen LogP contribution in [0, 0.1) is 0 Å². The Labute approximate surface area is 177 Å². The number of hydrogen-bond acceptors (Lipinski definition) is 6. The van der Waals surface area contributed by atoms with Crippen LogP contribution < -0.4 is 15.2 Å². The summed E-state index contributed by atoms with van der Waals surface area (Å²) < 4.78 is 28.3. The molecule has 9 heteroatoms. The van der Waals surface area contributed by atoms with Crippen molar-refractivity contribution < 1.29 is 23.1 Å². The van der Waals surface area contributed by atoms with E-state index in [4.69, 9.17) is 9.88 Å². The van der Waals surface area contributed by atoms with Crippen LogP contribution in [0.3, 0.4) is 0 Å². The first-order chi connectivity index (χ1) is 14.1. The predicted octanol–water partition coefficient (Wildman–Crippen LogP) is 1.34. The number of aliphatic hydroxyl groups is 1. The van der Waals surface area contributed by atoms with Gasteiger partial charge in [-0.1, -0.05) is 30.3 Å². The first-order valence-electron chi connectivity index (χ1n) is 9.57. The molecule has 0 radical (unpaired) electrons. The first-order valence-corrected chi connectivity index (χ1v) is 11.1. The van der Waals surface area contributed by atoms with E-state index in [-0.39, 0.29) is 28.8 Å². The van der Waals surface area contributed by atoms with Gasteiger partial charge in [0.2, 0.25) is 10.0 Å². The summed E-state index contributed by atoms with van der Waals surface area (Å²) >= 11 is 0. The van der Waals surface area contributed by atoms with Gasteiger partial charge in [-0.15, -0.1) is 0 Å². The zero-order chi connectivity index (χ0) is 22.3. The Hall–Kier alpha value is -2.46. The predicted molar refractivity (Wildman–Crippen MR) is 115 cm³/mol. The third kappa shape index (κ3) is 6.81. The van der Waals surface area contributed by atoms with E-state index < -0.39 is 22.0 Å².